The molecule has 0 saturated carbocycles. The van der Waals surface area contributed by atoms with Gasteiger partial charge in [0.2, 0.25) is 11.8 Å². The molecule has 0 bridgehead atoms. The monoisotopic (exact) mass is 513 g/mol. The summed E-state index contributed by atoms with van der Waals surface area (Å²) >= 11 is 0. The Labute approximate surface area is 212 Å². The summed E-state index contributed by atoms with van der Waals surface area (Å²) in [7, 11) is -3.08. The zero-order chi connectivity index (χ0) is 26.3. The van der Waals surface area contributed by atoms with Crippen LogP contribution in [0.15, 0.2) is 60.7 Å². The molecule has 2 aromatic carbocycles. The van der Waals surface area contributed by atoms with Gasteiger partial charge in [-0.25, -0.2) is 4.79 Å². The smallest absolute Gasteiger partial charge is 0.326 e. The van der Waals surface area contributed by atoms with E-state index >= 15 is 0 Å². The predicted molar refractivity (Wildman–Crippen MR) is 140 cm³/mol. The summed E-state index contributed by atoms with van der Waals surface area (Å²) in [5.74, 6) is -2.18. The minimum atomic E-state index is -3.08. The molecule has 8 nitrogen and oxygen atoms in total. The van der Waals surface area contributed by atoms with Gasteiger partial charge < -0.3 is 19.9 Å². The van der Waals surface area contributed by atoms with Gasteiger partial charge in [-0.1, -0.05) is 74.5 Å². The second kappa shape index (κ2) is 12.3. The molecule has 1 aliphatic heterocycles. The van der Waals surface area contributed by atoms with E-state index in [9.17, 15) is 24.1 Å². The Morgan fingerprint density at radius 2 is 1.50 bits per heavy atom. The molecule has 3 atom stereocenters. The molecule has 0 unspecified atom stereocenters. The first-order valence-corrected chi connectivity index (χ1v) is 14.4. The van der Waals surface area contributed by atoms with Gasteiger partial charge in [-0.3, -0.25) is 14.7 Å². The van der Waals surface area contributed by atoms with Crippen molar-refractivity contribution >= 4 is 25.1 Å². The number of hydrogen-bond donors (Lipinski definition) is 3. The quantitative estimate of drug-likeness (QED) is 0.393. The van der Waals surface area contributed by atoms with Crippen molar-refractivity contribution in [1.29, 1.82) is 0 Å². The number of benzene rings is 2. The first-order valence-electron chi connectivity index (χ1n) is 12.4. The van der Waals surface area contributed by atoms with E-state index in [2.05, 4.69) is 10.4 Å². The minimum Gasteiger partial charge on any atom is -0.480 e. The van der Waals surface area contributed by atoms with Crippen molar-refractivity contribution in [3.8, 4) is 0 Å². The third-order valence-electron chi connectivity index (χ3n) is 6.43. The molecule has 0 aliphatic carbocycles. The minimum absolute atomic E-state index is 0.291. The summed E-state index contributed by atoms with van der Waals surface area (Å²) in [6.07, 6.45) is 1.68. The average molecular weight is 514 g/mol. The van der Waals surface area contributed by atoms with E-state index in [-0.39, 0.29) is 11.8 Å². The van der Waals surface area contributed by atoms with Crippen molar-refractivity contribution < 1.29 is 24.1 Å². The molecule has 1 saturated heterocycles. The number of nitrogens with one attached hydrogen (secondary N) is 2. The van der Waals surface area contributed by atoms with Gasteiger partial charge in [-0.2, -0.15) is 0 Å². The van der Waals surface area contributed by atoms with Crippen LogP contribution in [0.4, 0.5) is 0 Å². The normalized spacial score (nSPS) is 17.6. The highest BCUT2D eigenvalue weighted by Gasteiger charge is 2.39. The summed E-state index contributed by atoms with van der Waals surface area (Å²) in [4.78, 5) is 39.4. The first kappa shape index (κ1) is 27.6. The van der Waals surface area contributed by atoms with Crippen LogP contribution in [0, 0.1) is 5.92 Å². The van der Waals surface area contributed by atoms with Crippen LogP contribution >= 0.6 is 7.29 Å². The molecular weight excluding hydrogens is 477 g/mol. The van der Waals surface area contributed by atoms with E-state index in [0.29, 0.717) is 31.7 Å². The highest BCUT2D eigenvalue weighted by Crippen LogP contribution is 2.49. The standard InChI is InChI=1S/C27H36N3O5P/c1-19(2)24(27(33)34)28-25(31)23-15-10-16-30(23)26(32)20(3)29-36(35,17-21-11-6-4-7-12-21)18-22-13-8-5-9-14-22/h4-9,11-14,19-20,23-24H,10,15-18H2,1-3H3,(H,28,31)(H,29,35)(H,33,34)/t20-,23-,24-/m0/s1. The van der Waals surface area contributed by atoms with Crippen LogP contribution in [0.25, 0.3) is 0 Å². The maximum absolute atomic E-state index is 14.2. The Kier molecular flexibility index (Phi) is 9.46. The van der Waals surface area contributed by atoms with Crippen molar-refractivity contribution in [2.24, 2.45) is 5.92 Å². The van der Waals surface area contributed by atoms with Crippen LogP contribution < -0.4 is 10.4 Å². The number of rotatable bonds is 11. The van der Waals surface area contributed by atoms with Gasteiger partial charge in [0.15, 0.2) is 7.29 Å². The Morgan fingerprint density at radius 1 is 0.972 bits per heavy atom. The van der Waals surface area contributed by atoms with Gasteiger partial charge in [0.1, 0.15) is 12.1 Å². The second-order valence-corrected chi connectivity index (χ2v) is 12.5. The topological polar surface area (TPSA) is 116 Å². The molecular formula is C27H36N3O5P. The van der Waals surface area contributed by atoms with Gasteiger partial charge in [0, 0.05) is 18.9 Å². The number of likely N-dealkylation sites (tertiary alicyclic amines) is 1. The first-order chi connectivity index (χ1) is 17.1. The van der Waals surface area contributed by atoms with Crippen LogP contribution in [0.3, 0.4) is 0 Å². The Bertz CT molecular complexity index is 1050. The lowest BCUT2D eigenvalue weighted by Gasteiger charge is -2.30. The molecule has 1 fully saturated rings. The maximum Gasteiger partial charge on any atom is 0.326 e. The van der Waals surface area contributed by atoms with Crippen LogP contribution in [0.2, 0.25) is 0 Å². The molecule has 1 aliphatic rings. The number of aliphatic carboxylic acids is 1. The van der Waals surface area contributed by atoms with Crippen LogP contribution in [0.5, 0.6) is 0 Å². The molecule has 2 amide bonds. The van der Waals surface area contributed by atoms with Crippen molar-refractivity contribution in [2.75, 3.05) is 6.54 Å². The summed E-state index contributed by atoms with van der Waals surface area (Å²) in [6, 6.07) is 16.5. The number of amides is 2. The second-order valence-electron chi connectivity index (χ2n) is 9.79. The van der Waals surface area contributed by atoms with Crippen LogP contribution in [-0.4, -0.2) is 52.5 Å². The SMILES string of the molecule is CC(C)[C@H](NC(=O)[C@@H]1CCCN1C(=O)[C@H](C)NP(=O)(Cc1ccccc1)Cc1ccccc1)C(=O)O. The zero-order valence-electron chi connectivity index (χ0n) is 21.1. The number of carboxylic acids is 1. The van der Waals surface area contributed by atoms with E-state index in [1.54, 1.807) is 20.8 Å². The van der Waals surface area contributed by atoms with Gasteiger partial charge in [0.25, 0.3) is 0 Å². The molecule has 194 valence electrons. The van der Waals surface area contributed by atoms with E-state index in [4.69, 9.17) is 0 Å². The Balaban J connectivity index is 1.75. The summed E-state index contributed by atoms with van der Waals surface area (Å²) < 4.78 is 14.2. The summed E-state index contributed by atoms with van der Waals surface area (Å²) in [5.41, 5.74) is 1.83. The number of carboxylic acid groups (broad SMARTS) is 1. The molecule has 3 N–H and O–H groups in total. The van der Waals surface area contributed by atoms with Crippen LogP contribution in [-0.2, 0) is 31.3 Å². The van der Waals surface area contributed by atoms with Gasteiger partial charge in [0.05, 0.1) is 6.04 Å². The van der Waals surface area contributed by atoms with E-state index in [0.717, 1.165) is 11.1 Å². The van der Waals surface area contributed by atoms with Gasteiger partial charge >= 0.3 is 5.97 Å². The fraction of sp³-hybridized carbons (Fsp3) is 0.444. The molecule has 36 heavy (non-hydrogen) atoms. The van der Waals surface area contributed by atoms with E-state index < -0.39 is 37.3 Å². The van der Waals surface area contributed by atoms with Gasteiger partial charge in [-0.05, 0) is 36.8 Å². The highest BCUT2D eigenvalue weighted by molar-refractivity contribution is 7.60. The van der Waals surface area contributed by atoms with Crippen molar-refractivity contribution in [3.05, 3.63) is 71.8 Å². The Morgan fingerprint density at radius 3 is 1.97 bits per heavy atom. The lowest BCUT2D eigenvalue weighted by molar-refractivity contribution is -0.145. The third kappa shape index (κ3) is 7.28. The largest absolute Gasteiger partial charge is 0.480 e. The van der Waals surface area contributed by atoms with Crippen molar-refractivity contribution in [2.45, 2.75) is 64.1 Å². The number of carbonyl (C=O) groups is 3. The fourth-order valence-corrected chi connectivity index (χ4v) is 7.34. The molecule has 0 radical (unpaired) electrons. The van der Waals surface area contributed by atoms with E-state index in [1.165, 1.54) is 4.90 Å². The fourth-order valence-electron chi connectivity index (χ4n) is 4.63. The molecule has 0 aromatic heterocycles. The number of hydrogen-bond acceptors (Lipinski definition) is 4. The average Bonchev–Trinajstić information content (AvgIpc) is 3.32. The zero-order valence-corrected chi connectivity index (χ0v) is 22.0. The number of nitrogens with zero attached hydrogens (tertiary/aromatic N) is 1. The Hall–Kier alpha value is -2.96. The summed E-state index contributed by atoms with van der Waals surface area (Å²) in [5, 5.41) is 15.2. The number of carbonyl (C=O) groups excluding carboxylic acids is 2. The highest BCUT2D eigenvalue weighted by atomic mass is 31.2. The lowest BCUT2D eigenvalue weighted by Crippen LogP contribution is -2.54. The third-order valence-corrected chi connectivity index (χ3v) is 9.04. The van der Waals surface area contributed by atoms with E-state index in [1.807, 2.05) is 60.7 Å². The van der Waals surface area contributed by atoms with Crippen LogP contribution in [0.1, 0.15) is 44.7 Å². The molecule has 1 heterocycles. The maximum atomic E-state index is 14.2. The molecule has 9 heteroatoms. The molecule has 2 aromatic rings. The van der Waals surface area contributed by atoms with Gasteiger partial charge in [-0.15, -0.1) is 0 Å². The predicted octanol–water partition coefficient (Wildman–Crippen LogP) is 3.86. The molecule has 3 rings (SSSR count). The molecule has 0 spiro atoms. The summed E-state index contributed by atoms with van der Waals surface area (Å²) in [6.45, 7) is 5.51. The van der Waals surface area contributed by atoms with Crippen molar-refractivity contribution in [3.63, 3.8) is 0 Å². The lowest BCUT2D eigenvalue weighted by atomic mass is 10.0. The van der Waals surface area contributed by atoms with Crippen molar-refractivity contribution in [1.82, 2.24) is 15.3 Å².